The zero-order valence-electron chi connectivity index (χ0n) is 10.5. The van der Waals surface area contributed by atoms with Gasteiger partial charge in [0.1, 0.15) is 0 Å². The molecule has 1 saturated heterocycles. The van der Waals surface area contributed by atoms with Crippen LogP contribution in [0.5, 0.6) is 0 Å². The van der Waals surface area contributed by atoms with Crippen molar-refractivity contribution >= 4 is 17.7 Å². The van der Waals surface area contributed by atoms with E-state index in [-0.39, 0.29) is 5.25 Å². The van der Waals surface area contributed by atoms with Crippen LogP contribution >= 0.6 is 11.8 Å². The maximum atomic E-state index is 8.92. The number of rotatable bonds is 4. The van der Waals surface area contributed by atoms with Crippen molar-refractivity contribution in [2.75, 3.05) is 18.0 Å². The summed E-state index contributed by atoms with van der Waals surface area (Å²) in [5.74, 6) is 1.02. The Morgan fingerprint density at radius 3 is 2.67 bits per heavy atom. The van der Waals surface area contributed by atoms with E-state index in [0.717, 1.165) is 24.2 Å². The molecular weight excluding hydrogens is 246 g/mol. The van der Waals surface area contributed by atoms with Crippen molar-refractivity contribution in [2.45, 2.75) is 49.1 Å². The van der Waals surface area contributed by atoms with E-state index in [1.807, 2.05) is 6.92 Å². The Balaban J connectivity index is 1.88. The van der Waals surface area contributed by atoms with Crippen LogP contribution in [0.1, 0.15) is 38.6 Å². The van der Waals surface area contributed by atoms with Gasteiger partial charge in [-0.3, -0.25) is 4.57 Å². The van der Waals surface area contributed by atoms with E-state index in [2.05, 4.69) is 25.7 Å². The number of hydrogen-bond donors (Lipinski definition) is 0. The average Bonchev–Trinajstić information content (AvgIpc) is 2.92. The number of nitrogens with zero attached hydrogens (tertiary/aromatic N) is 5. The molecule has 1 saturated carbocycles. The van der Waals surface area contributed by atoms with Crippen molar-refractivity contribution in [1.29, 1.82) is 5.26 Å². The number of anilines is 1. The Hall–Kier alpha value is -1.22. The molecule has 0 aromatic carbocycles. The standard InChI is InChI=1S/C12H17N5S/c1-9(8-13)18-12-15-14-11(16-6-2-3-7-16)17(12)10-4-5-10/h9-10H,2-7H2,1H3. The zero-order chi connectivity index (χ0) is 12.5. The molecule has 0 bridgehead atoms. The number of nitriles is 1. The highest BCUT2D eigenvalue weighted by Gasteiger charge is 2.32. The third-order valence-electron chi connectivity index (χ3n) is 3.41. The Kier molecular flexibility index (Phi) is 3.16. The van der Waals surface area contributed by atoms with Gasteiger partial charge in [0.15, 0.2) is 5.16 Å². The second-order valence-corrected chi connectivity index (χ2v) is 6.28. The summed E-state index contributed by atoms with van der Waals surface area (Å²) in [6.07, 6.45) is 4.92. The topological polar surface area (TPSA) is 57.7 Å². The molecule has 0 radical (unpaired) electrons. The van der Waals surface area contributed by atoms with Crippen LogP contribution in [-0.4, -0.2) is 33.1 Å². The van der Waals surface area contributed by atoms with Gasteiger partial charge in [-0.1, -0.05) is 11.8 Å². The third-order valence-corrected chi connectivity index (χ3v) is 4.36. The molecule has 2 heterocycles. The van der Waals surface area contributed by atoms with Crippen LogP contribution < -0.4 is 4.90 Å². The van der Waals surface area contributed by atoms with E-state index in [9.17, 15) is 0 Å². The summed E-state index contributed by atoms with van der Waals surface area (Å²) in [7, 11) is 0. The van der Waals surface area contributed by atoms with E-state index in [0.29, 0.717) is 6.04 Å². The molecule has 5 nitrogen and oxygen atoms in total. The summed E-state index contributed by atoms with van der Waals surface area (Å²) in [5, 5.41) is 18.4. The Labute approximate surface area is 111 Å². The minimum Gasteiger partial charge on any atom is -0.341 e. The Morgan fingerprint density at radius 2 is 2.06 bits per heavy atom. The first-order valence-electron chi connectivity index (χ1n) is 6.55. The molecule has 0 N–H and O–H groups in total. The first kappa shape index (κ1) is 11.8. The molecule has 96 valence electrons. The lowest BCUT2D eigenvalue weighted by atomic mass is 10.4. The number of aromatic nitrogens is 3. The normalized spacial score (nSPS) is 21.0. The van der Waals surface area contributed by atoms with Gasteiger partial charge in [0.25, 0.3) is 0 Å². The van der Waals surface area contributed by atoms with Gasteiger partial charge in [0.05, 0.1) is 11.3 Å². The van der Waals surface area contributed by atoms with Gasteiger partial charge in [-0.15, -0.1) is 10.2 Å². The van der Waals surface area contributed by atoms with E-state index < -0.39 is 0 Å². The summed E-state index contributed by atoms with van der Waals surface area (Å²) in [4.78, 5) is 2.33. The molecule has 2 fully saturated rings. The van der Waals surface area contributed by atoms with Crippen LogP contribution in [0.15, 0.2) is 5.16 Å². The first-order valence-corrected chi connectivity index (χ1v) is 7.43. The van der Waals surface area contributed by atoms with E-state index in [4.69, 9.17) is 5.26 Å². The van der Waals surface area contributed by atoms with Crippen LogP contribution in [0.2, 0.25) is 0 Å². The lowest BCUT2D eigenvalue weighted by molar-refractivity contribution is 0.651. The quantitative estimate of drug-likeness (QED) is 0.780. The minimum absolute atomic E-state index is 0.0712. The zero-order valence-corrected chi connectivity index (χ0v) is 11.4. The summed E-state index contributed by atoms with van der Waals surface area (Å²) >= 11 is 1.52. The number of thioether (sulfide) groups is 1. The highest BCUT2D eigenvalue weighted by Crippen LogP contribution is 2.41. The van der Waals surface area contributed by atoms with Gasteiger partial charge >= 0.3 is 0 Å². The van der Waals surface area contributed by atoms with Crippen molar-refractivity contribution < 1.29 is 0 Å². The SMILES string of the molecule is CC(C#N)Sc1nnc(N2CCCC2)n1C1CC1. The van der Waals surface area contributed by atoms with Crippen LogP contribution in [0, 0.1) is 11.3 Å². The molecule has 0 amide bonds. The largest absolute Gasteiger partial charge is 0.341 e. The van der Waals surface area contributed by atoms with Gasteiger partial charge in [-0.25, -0.2) is 0 Å². The second-order valence-electron chi connectivity index (χ2n) is 4.97. The van der Waals surface area contributed by atoms with Crippen LogP contribution in [-0.2, 0) is 0 Å². The fourth-order valence-electron chi connectivity index (χ4n) is 2.32. The van der Waals surface area contributed by atoms with Crippen molar-refractivity contribution in [3.8, 4) is 6.07 Å². The summed E-state index contributed by atoms with van der Waals surface area (Å²) in [6, 6.07) is 2.81. The first-order chi connectivity index (χ1) is 8.79. The maximum Gasteiger partial charge on any atom is 0.228 e. The smallest absolute Gasteiger partial charge is 0.228 e. The molecule has 1 aromatic heterocycles. The van der Waals surface area contributed by atoms with Crippen molar-refractivity contribution in [3.63, 3.8) is 0 Å². The maximum absolute atomic E-state index is 8.92. The van der Waals surface area contributed by atoms with Crippen molar-refractivity contribution in [1.82, 2.24) is 14.8 Å². The molecule has 0 spiro atoms. The highest BCUT2D eigenvalue weighted by atomic mass is 32.2. The molecule has 1 aliphatic carbocycles. The second kappa shape index (κ2) is 4.81. The average molecular weight is 263 g/mol. The fourth-order valence-corrected chi connectivity index (χ4v) is 3.12. The predicted molar refractivity (Wildman–Crippen MR) is 70.7 cm³/mol. The van der Waals surface area contributed by atoms with Gasteiger partial charge < -0.3 is 4.90 Å². The van der Waals surface area contributed by atoms with Gasteiger partial charge in [-0.05, 0) is 32.6 Å². The lowest BCUT2D eigenvalue weighted by Gasteiger charge is -2.18. The molecule has 18 heavy (non-hydrogen) atoms. The van der Waals surface area contributed by atoms with E-state index in [1.54, 1.807) is 0 Å². The van der Waals surface area contributed by atoms with Crippen LogP contribution in [0.4, 0.5) is 5.95 Å². The minimum atomic E-state index is -0.0712. The highest BCUT2D eigenvalue weighted by molar-refractivity contribution is 8.00. The number of hydrogen-bond acceptors (Lipinski definition) is 5. The molecule has 2 aliphatic rings. The summed E-state index contributed by atoms with van der Waals surface area (Å²) in [6.45, 7) is 4.08. The molecular formula is C12H17N5S. The molecule has 1 atom stereocenters. The molecule has 6 heteroatoms. The van der Waals surface area contributed by atoms with Gasteiger partial charge in [-0.2, -0.15) is 5.26 Å². The third kappa shape index (κ3) is 2.19. The Bertz CT molecular complexity index is 467. The fraction of sp³-hybridized carbons (Fsp3) is 0.750. The van der Waals surface area contributed by atoms with E-state index >= 15 is 0 Å². The molecule has 1 unspecified atom stereocenters. The predicted octanol–water partition coefficient (Wildman–Crippen LogP) is 2.22. The molecule has 3 rings (SSSR count). The Morgan fingerprint density at radius 1 is 1.33 bits per heavy atom. The lowest BCUT2D eigenvalue weighted by Crippen LogP contribution is -2.22. The van der Waals surface area contributed by atoms with Crippen LogP contribution in [0.25, 0.3) is 0 Å². The van der Waals surface area contributed by atoms with Crippen LogP contribution in [0.3, 0.4) is 0 Å². The van der Waals surface area contributed by atoms with Crippen molar-refractivity contribution in [3.05, 3.63) is 0 Å². The summed E-state index contributed by atoms with van der Waals surface area (Å²) in [5.41, 5.74) is 0. The molecule has 1 aromatic rings. The van der Waals surface area contributed by atoms with E-state index in [1.165, 1.54) is 37.4 Å². The monoisotopic (exact) mass is 263 g/mol. The molecule has 1 aliphatic heterocycles. The summed E-state index contributed by atoms with van der Waals surface area (Å²) < 4.78 is 2.25. The van der Waals surface area contributed by atoms with Crippen molar-refractivity contribution in [2.24, 2.45) is 0 Å². The van der Waals surface area contributed by atoms with Gasteiger partial charge in [0.2, 0.25) is 5.95 Å². The van der Waals surface area contributed by atoms with Gasteiger partial charge in [0, 0.05) is 19.1 Å².